The zero-order valence-corrected chi connectivity index (χ0v) is 16.4. The number of phenols is 1. The Balaban J connectivity index is 0.000000200. The van der Waals surface area contributed by atoms with Crippen molar-refractivity contribution >= 4 is 0 Å². The monoisotopic (exact) mass is 381 g/mol. The molecule has 1 N–H and O–H groups in total. The Morgan fingerprint density at radius 3 is 2.36 bits per heavy atom. The molecule has 0 unspecified atom stereocenters. The van der Waals surface area contributed by atoms with Gasteiger partial charge < -0.3 is 14.6 Å². The molecule has 0 bridgehead atoms. The number of benzene rings is 2. The molecule has 1 aromatic heterocycles. The number of hydrogen-bond donors (Lipinski definition) is 1. The normalized spacial score (nSPS) is 9.93. The van der Waals surface area contributed by atoms with Crippen molar-refractivity contribution in [2.45, 2.75) is 32.6 Å². The van der Waals surface area contributed by atoms with E-state index in [4.69, 9.17) is 9.47 Å². The van der Waals surface area contributed by atoms with Gasteiger partial charge in [0.1, 0.15) is 5.69 Å². The highest BCUT2D eigenvalue weighted by atomic mass is 16.5. The van der Waals surface area contributed by atoms with Crippen LogP contribution in [0.25, 0.3) is 11.3 Å². The molecule has 1 heterocycles. The minimum Gasteiger partial charge on any atom is -0.504 e. The van der Waals surface area contributed by atoms with E-state index in [2.05, 4.69) is 22.3 Å². The van der Waals surface area contributed by atoms with E-state index in [1.807, 2.05) is 36.4 Å². The fourth-order valence-electron chi connectivity index (χ4n) is 2.49. The molecule has 28 heavy (non-hydrogen) atoms. The minimum atomic E-state index is 0.225. The van der Waals surface area contributed by atoms with Crippen molar-refractivity contribution in [2.24, 2.45) is 0 Å². The molecule has 148 valence electrons. The summed E-state index contributed by atoms with van der Waals surface area (Å²) in [6.07, 6.45) is 6.29. The second-order valence-corrected chi connectivity index (χ2v) is 6.09. The fourth-order valence-corrected chi connectivity index (χ4v) is 2.49. The smallest absolute Gasteiger partial charge is 0.167 e. The van der Waals surface area contributed by atoms with E-state index in [0.29, 0.717) is 23.8 Å². The van der Waals surface area contributed by atoms with E-state index >= 15 is 0 Å². The summed E-state index contributed by atoms with van der Waals surface area (Å²) >= 11 is 0. The molecule has 0 amide bonds. The molecule has 0 aliphatic carbocycles. The number of aromatic hydroxyl groups is 1. The molecule has 0 spiro atoms. The zero-order valence-electron chi connectivity index (χ0n) is 16.4. The third-order valence-electron chi connectivity index (χ3n) is 3.99. The summed E-state index contributed by atoms with van der Waals surface area (Å²) in [5.41, 5.74) is 1.68. The maximum Gasteiger partial charge on any atom is 0.167 e. The molecule has 0 aliphatic heterocycles. The van der Waals surface area contributed by atoms with Crippen LogP contribution in [-0.2, 0) is 0 Å². The molecule has 0 fully saturated rings. The molecule has 3 rings (SSSR count). The lowest BCUT2D eigenvalue weighted by Crippen LogP contribution is -1.97. The largest absolute Gasteiger partial charge is 0.504 e. The van der Waals surface area contributed by atoms with E-state index in [0.717, 1.165) is 12.0 Å². The molecule has 6 heteroatoms. The average molecular weight is 381 g/mol. The Bertz CT molecular complexity index is 813. The molecule has 3 aromatic rings. The predicted octanol–water partition coefficient (Wildman–Crippen LogP) is 4.90. The summed E-state index contributed by atoms with van der Waals surface area (Å²) in [5, 5.41) is 20.6. The highest BCUT2D eigenvalue weighted by Gasteiger charge is 2.06. The van der Waals surface area contributed by atoms with Crippen LogP contribution in [0, 0.1) is 0 Å². The maximum atomic E-state index is 9.39. The number of nitrogens with zero attached hydrogens (tertiary/aromatic N) is 3. The van der Waals surface area contributed by atoms with Gasteiger partial charge >= 0.3 is 0 Å². The maximum absolute atomic E-state index is 9.39. The van der Waals surface area contributed by atoms with Crippen molar-refractivity contribution in [3.8, 4) is 28.5 Å². The van der Waals surface area contributed by atoms with E-state index in [1.165, 1.54) is 19.3 Å². The number of methoxy groups -OCH3 is 1. The summed E-state index contributed by atoms with van der Waals surface area (Å²) in [6.45, 7) is 2.88. The van der Waals surface area contributed by atoms with Gasteiger partial charge in [-0.2, -0.15) is 0 Å². The fraction of sp³-hybridized carbons (Fsp3) is 0.318. The first-order valence-electron chi connectivity index (χ1n) is 9.44. The summed E-state index contributed by atoms with van der Waals surface area (Å²) < 4.78 is 10.6. The van der Waals surface area contributed by atoms with Gasteiger partial charge in [0.25, 0.3) is 0 Å². The highest BCUT2D eigenvalue weighted by Crippen LogP contribution is 2.25. The number of ether oxygens (including phenoxy) is 2. The second-order valence-electron chi connectivity index (χ2n) is 6.09. The number of hydrogen-bond acceptors (Lipinski definition) is 6. The Kier molecular flexibility index (Phi) is 9.27. The molecular weight excluding hydrogens is 354 g/mol. The van der Waals surface area contributed by atoms with Crippen molar-refractivity contribution in [2.75, 3.05) is 13.7 Å². The van der Waals surface area contributed by atoms with Crippen LogP contribution in [0.1, 0.15) is 32.6 Å². The summed E-state index contributed by atoms with van der Waals surface area (Å²) in [5.74, 6) is 1.44. The van der Waals surface area contributed by atoms with Crippen LogP contribution in [0.15, 0.2) is 60.8 Å². The number of aromatic nitrogens is 3. The van der Waals surface area contributed by atoms with Crippen molar-refractivity contribution in [1.82, 2.24) is 15.4 Å². The van der Waals surface area contributed by atoms with Crippen molar-refractivity contribution in [1.29, 1.82) is 0 Å². The standard InChI is InChI=1S/C12H18O2.C10H9N3O/c1-2-3-4-7-10-14-12-9-6-5-8-11(12)13;1-14-9-7-11-13-12-10(9)8-5-3-2-4-6-8/h5-6,8-9,13H,2-4,7,10H2,1H3;2-7H,1H3. The van der Waals surface area contributed by atoms with Crippen LogP contribution in [0.3, 0.4) is 0 Å². The lowest BCUT2D eigenvalue weighted by molar-refractivity contribution is 0.289. The number of para-hydroxylation sites is 2. The SMILES string of the molecule is CCCCCCOc1ccccc1O.COc1cnnnc1-c1ccccc1. The van der Waals surface area contributed by atoms with Crippen LogP contribution in [0.5, 0.6) is 17.2 Å². The summed E-state index contributed by atoms with van der Waals surface area (Å²) in [4.78, 5) is 0. The summed E-state index contributed by atoms with van der Waals surface area (Å²) in [7, 11) is 1.59. The lowest BCUT2D eigenvalue weighted by atomic mass is 10.1. The van der Waals surface area contributed by atoms with E-state index in [-0.39, 0.29) is 5.75 Å². The first-order chi connectivity index (χ1) is 13.8. The van der Waals surface area contributed by atoms with Gasteiger partial charge in [0.2, 0.25) is 0 Å². The van der Waals surface area contributed by atoms with E-state index < -0.39 is 0 Å². The summed E-state index contributed by atoms with van der Waals surface area (Å²) in [6, 6.07) is 16.8. The Morgan fingerprint density at radius 2 is 1.64 bits per heavy atom. The Labute approximate surface area is 166 Å². The first-order valence-corrected chi connectivity index (χ1v) is 9.44. The topological polar surface area (TPSA) is 77.4 Å². The average Bonchev–Trinajstić information content (AvgIpc) is 2.76. The van der Waals surface area contributed by atoms with Gasteiger partial charge in [-0.3, -0.25) is 0 Å². The van der Waals surface area contributed by atoms with Crippen LogP contribution in [0.2, 0.25) is 0 Å². The molecular formula is C22H27N3O3. The van der Waals surface area contributed by atoms with Crippen molar-refractivity contribution in [3.63, 3.8) is 0 Å². The third-order valence-corrected chi connectivity index (χ3v) is 3.99. The molecule has 2 aromatic carbocycles. The van der Waals surface area contributed by atoms with Gasteiger partial charge in [-0.1, -0.05) is 68.7 Å². The van der Waals surface area contributed by atoms with Gasteiger partial charge in [0.05, 0.1) is 19.9 Å². The predicted molar refractivity (Wildman–Crippen MR) is 110 cm³/mol. The molecule has 0 saturated carbocycles. The number of rotatable bonds is 8. The molecule has 0 saturated heterocycles. The van der Waals surface area contributed by atoms with Crippen LogP contribution >= 0.6 is 0 Å². The highest BCUT2D eigenvalue weighted by molar-refractivity contribution is 5.64. The number of phenolic OH excluding ortho intramolecular Hbond substituents is 1. The lowest BCUT2D eigenvalue weighted by Gasteiger charge is -2.06. The van der Waals surface area contributed by atoms with Gasteiger partial charge in [0.15, 0.2) is 17.2 Å². The van der Waals surface area contributed by atoms with Crippen LogP contribution < -0.4 is 9.47 Å². The van der Waals surface area contributed by atoms with Gasteiger partial charge in [-0.15, -0.1) is 10.2 Å². The molecule has 0 aliphatic rings. The first kappa shape index (κ1) is 21.2. The van der Waals surface area contributed by atoms with E-state index in [9.17, 15) is 5.11 Å². The van der Waals surface area contributed by atoms with Crippen LogP contribution in [-0.4, -0.2) is 34.2 Å². The molecule has 0 radical (unpaired) electrons. The van der Waals surface area contributed by atoms with E-state index in [1.54, 1.807) is 31.5 Å². The minimum absolute atomic E-state index is 0.225. The quantitative estimate of drug-likeness (QED) is 0.559. The Hall–Kier alpha value is -3.15. The van der Waals surface area contributed by atoms with Gasteiger partial charge in [-0.05, 0) is 23.8 Å². The van der Waals surface area contributed by atoms with Crippen molar-refractivity contribution < 1.29 is 14.6 Å². The Morgan fingerprint density at radius 1 is 0.893 bits per heavy atom. The molecule has 0 atom stereocenters. The van der Waals surface area contributed by atoms with Gasteiger partial charge in [0, 0.05) is 5.56 Å². The van der Waals surface area contributed by atoms with Gasteiger partial charge in [-0.25, -0.2) is 0 Å². The van der Waals surface area contributed by atoms with Crippen molar-refractivity contribution in [3.05, 3.63) is 60.8 Å². The molecule has 6 nitrogen and oxygen atoms in total. The number of unbranched alkanes of at least 4 members (excludes halogenated alkanes) is 3. The van der Waals surface area contributed by atoms with Crippen LogP contribution in [0.4, 0.5) is 0 Å². The second kappa shape index (κ2) is 12.3. The zero-order chi connectivity index (χ0) is 20.0. The third kappa shape index (κ3) is 6.87.